The second-order valence-electron chi connectivity index (χ2n) is 6.41. The summed E-state index contributed by atoms with van der Waals surface area (Å²) in [5.41, 5.74) is -1.64. The van der Waals surface area contributed by atoms with E-state index in [4.69, 9.17) is 0 Å². The van der Waals surface area contributed by atoms with Gasteiger partial charge in [-0.2, -0.15) is 13.2 Å². The van der Waals surface area contributed by atoms with Crippen molar-refractivity contribution in [2.45, 2.75) is 32.2 Å². The molecule has 30 heavy (non-hydrogen) atoms. The van der Waals surface area contributed by atoms with Gasteiger partial charge in [0.25, 0.3) is 5.56 Å². The minimum Gasteiger partial charge on any atom is -0.394 e. The summed E-state index contributed by atoms with van der Waals surface area (Å²) in [4.78, 5) is 49.3. The van der Waals surface area contributed by atoms with Gasteiger partial charge in [0.1, 0.15) is 12.6 Å². The summed E-state index contributed by atoms with van der Waals surface area (Å²) < 4.78 is 38.6. The lowest BCUT2D eigenvalue weighted by atomic mass is 10.1. The molecule has 12 heteroatoms. The Morgan fingerprint density at radius 2 is 1.83 bits per heavy atom. The number of benzene rings is 1. The largest absolute Gasteiger partial charge is 0.416 e. The molecule has 162 valence electrons. The highest BCUT2D eigenvalue weighted by Crippen LogP contribution is 2.29. The minimum atomic E-state index is -4.47. The number of H-pyrrole nitrogens is 1. The molecule has 1 aromatic heterocycles. The van der Waals surface area contributed by atoms with Gasteiger partial charge in [-0.1, -0.05) is 12.1 Å². The third-order valence-corrected chi connectivity index (χ3v) is 4.09. The van der Waals surface area contributed by atoms with Crippen molar-refractivity contribution in [2.24, 2.45) is 0 Å². The fourth-order valence-corrected chi connectivity index (χ4v) is 2.45. The predicted molar refractivity (Wildman–Crippen MR) is 98.4 cm³/mol. The number of carbonyl (C=O) groups is 2. The molecule has 0 saturated carbocycles. The molecule has 9 nitrogen and oxygen atoms in total. The number of rotatable bonds is 7. The van der Waals surface area contributed by atoms with E-state index in [0.29, 0.717) is 5.56 Å². The van der Waals surface area contributed by atoms with Crippen molar-refractivity contribution in [3.63, 3.8) is 0 Å². The van der Waals surface area contributed by atoms with Crippen molar-refractivity contribution in [3.8, 4) is 0 Å². The molecule has 1 atom stereocenters. The molecule has 0 spiro atoms. The van der Waals surface area contributed by atoms with Crippen LogP contribution in [-0.2, 0) is 28.9 Å². The first-order chi connectivity index (χ1) is 14.0. The van der Waals surface area contributed by atoms with Crippen LogP contribution < -0.4 is 21.9 Å². The predicted octanol–water partition coefficient (Wildman–Crippen LogP) is -0.343. The van der Waals surface area contributed by atoms with Crippen LogP contribution in [0.25, 0.3) is 0 Å². The molecule has 2 rings (SSSR count). The van der Waals surface area contributed by atoms with E-state index in [-0.39, 0.29) is 12.1 Å². The number of hydrogen-bond acceptors (Lipinski definition) is 5. The normalized spacial score (nSPS) is 12.3. The van der Waals surface area contributed by atoms with Gasteiger partial charge in [-0.15, -0.1) is 0 Å². The lowest BCUT2D eigenvalue weighted by Gasteiger charge is -2.17. The van der Waals surface area contributed by atoms with Crippen LogP contribution in [0.4, 0.5) is 13.2 Å². The van der Waals surface area contributed by atoms with Crippen LogP contribution in [0.1, 0.15) is 16.7 Å². The SMILES string of the molecule is Cc1cn(CC(=O)NC(CO)C(=O)NCc2ccc(C(F)(F)F)cc2)c(=O)[nH]c1=O. The topological polar surface area (TPSA) is 133 Å². The molecule has 0 aliphatic rings. The Labute approximate surface area is 167 Å². The third-order valence-electron chi connectivity index (χ3n) is 4.09. The van der Waals surface area contributed by atoms with Crippen LogP contribution >= 0.6 is 0 Å². The monoisotopic (exact) mass is 428 g/mol. The zero-order chi connectivity index (χ0) is 22.5. The van der Waals surface area contributed by atoms with E-state index in [1.807, 2.05) is 4.98 Å². The zero-order valence-corrected chi connectivity index (χ0v) is 15.7. The molecule has 0 fully saturated rings. The molecule has 0 radical (unpaired) electrons. The molecule has 1 heterocycles. The van der Waals surface area contributed by atoms with Crippen LogP contribution in [0, 0.1) is 6.92 Å². The van der Waals surface area contributed by atoms with Crippen molar-refractivity contribution in [2.75, 3.05) is 6.61 Å². The second kappa shape index (κ2) is 9.39. The summed E-state index contributed by atoms with van der Waals surface area (Å²) in [6.45, 7) is 0.0725. The van der Waals surface area contributed by atoms with Gasteiger partial charge >= 0.3 is 11.9 Å². The number of halogens is 3. The molecule has 1 unspecified atom stereocenters. The van der Waals surface area contributed by atoms with E-state index in [9.17, 15) is 37.5 Å². The number of nitrogens with zero attached hydrogens (tertiary/aromatic N) is 1. The summed E-state index contributed by atoms with van der Waals surface area (Å²) in [5, 5.41) is 14.0. The summed E-state index contributed by atoms with van der Waals surface area (Å²) >= 11 is 0. The Hall–Kier alpha value is -3.41. The molecule has 2 aromatic rings. The van der Waals surface area contributed by atoms with Crippen molar-refractivity contribution in [1.82, 2.24) is 20.2 Å². The van der Waals surface area contributed by atoms with Crippen LogP contribution in [0.15, 0.2) is 40.1 Å². The van der Waals surface area contributed by atoms with E-state index >= 15 is 0 Å². The number of aliphatic hydroxyl groups is 1. The highest BCUT2D eigenvalue weighted by molar-refractivity contribution is 5.87. The summed E-state index contributed by atoms with van der Waals surface area (Å²) in [6.07, 6.45) is -3.29. The Bertz CT molecular complexity index is 1030. The van der Waals surface area contributed by atoms with E-state index < -0.39 is 54.0 Å². The smallest absolute Gasteiger partial charge is 0.394 e. The molecule has 0 aliphatic carbocycles. The molecule has 2 amide bonds. The van der Waals surface area contributed by atoms with Crippen LogP contribution in [-0.4, -0.2) is 39.1 Å². The van der Waals surface area contributed by atoms with Crippen molar-refractivity contribution >= 4 is 11.8 Å². The van der Waals surface area contributed by atoms with E-state index in [1.54, 1.807) is 0 Å². The number of aryl methyl sites for hydroxylation is 1. The quantitative estimate of drug-likeness (QED) is 0.479. The first-order valence-corrected chi connectivity index (χ1v) is 8.65. The highest BCUT2D eigenvalue weighted by atomic mass is 19.4. The maximum atomic E-state index is 12.6. The van der Waals surface area contributed by atoms with Crippen LogP contribution in [0.5, 0.6) is 0 Å². The molecule has 0 saturated heterocycles. The highest BCUT2D eigenvalue weighted by Gasteiger charge is 2.30. The molecular weight excluding hydrogens is 409 g/mol. The Morgan fingerprint density at radius 3 is 2.40 bits per heavy atom. The standard InChI is InChI=1S/C18H19F3N4O5/c1-10-7-25(17(30)24-15(10)28)8-14(27)23-13(9-26)16(29)22-6-11-2-4-12(5-3-11)18(19,20)21/h2-5,7,13,26H,6,8-9H2,1H3,(H,22,29)(H,23,27)(H,24,28,30). The van der Waals surface area contributed by atoms with Crippen LogP contribution in [0.2, 0.25) is 0 Å². The minimum absolute atomic E-state index is 0.123. The van der Waals surface area contributed by atoms with Crippen molar-refractivity contribution < 1.29 is 27.9 Å². The number of nitrogens with one attached hydrogen (secondary N) is 3. The Balaban J connectivity index is 1.94. The van der Waals surface area contributed by atoms with Gasteiger partial charge in [0.2, 0.25) is 11.8 Å². The second-order valence-corrected chi connectivity index (χ2v) is 6.41. The number of aliphatic hydroxyl groups excluding tert-OH is 1. The average molecular weight is 428 g/mol. The molecule has 0 bridgehead atoms. The molecular formula is C18H19F3N4O5. The Kier molecular flexibility index (Phi) is 7.16. The van der Waals surface area contributed by atoms with Gasteiger partial charge in [0.05, 0.1) is 12.2 Å². The first-order valence-electron chi connectivity index (χ1n) is 8.65. The maximum Gasteiger partial charge on any atom is 0.416 e. The third kappa shape index (κ3) is 6.04. The number of aromatic amines is 1. The lowest BCUT2D eigenvalue weighted by Crippen LogP contribution is -2.50. The fourth-order valence-electron chi connectivity index (χ4n) is 2.45. The van der Waals surface area contributed by atoms with Gasteiger partial charge in [-0.25, -0.2) is 4.79 Å². The number of alkyl halides is 3. The number of hydrogen-bond donors (Lipinski definition) is 4. The Morgan fingerprint density at radius 1 is 1.20 bits per heavy atom. The number of aromatic nitrogens is 2. The first kappa shape index (κ1) is 22.9. The summed E-state index contributed by atoms with van der Waals surface area (Å²) in [5.74, 6) is -1.54. The van der Waals surface area contributed by atoms with E-state index in [1.165, 1.54) is 25.3 Å². The van der Waals surface area contributed by atoms with Gasteiger partial charge in [0, 0.05) is 18.3 Å². The zero-order valence-electron chi connectivity index (χ0n) is 15.7. The van der Waals surface area contributed by atoms with Crippen molar-refractivity contribution in [3.05, 3.63) is 68.0 Å². The van der Waals surface area contributed by atoms with Gasteiger partial charge in [-0.3, -0.25) is 23.9 Å². The molecule has 4 N–H and O–H groups in total. The molecule has 1 aromatic carbocycles. The van der Waals surface area contributed by atoms with Crippen LogP contribution in [0.3, 0.4) is 0 Å². The van der Waals surface area contributed by atoms with E-state index in [2.05, 4.69) is 10.6 Å². The van der Waals surface area contributed by atoms with Gasteiger partial charge in [0.15, 0.2) is 0 Å². The summed E-state index contributed by atoms with van der Waals surface area (Å²) in [6, 6.07) is 2.79. The molecule has 0 aliphatic heterocycles. The van der Waals surface area contributed by atoms with Gasteiger partial charge in [-0.05, 0) is 24.6 Å². The fraction of sp³-hybridized carbons (Fsp3) is 0.333. The van der Waals surface area contributed by atoms with Gasteiger partial charge < -0.3 is 15.7 Å². The number of amides is 2. The van der Waals surface area contributed by atoms with Crippen molar-refractivity contribution in [1.29, 1.82) is 0 Å². The lowest BCUT2D eigenvalue weighted by molar-refractivity contribution is -0.137. The maximum absolute atomic E-state index is 12.6. The average Bonchev–Trinajstić information content (AvgIpc) is 2.68. The van der Waals surface area contributed by atoms with E-state index in [0.717, 1.165) is 16.7 Å². The number of carbonyl (C=O) groups excluding carboxylic acids is 2. The summed E-state index contributed by atoms with van der Waals surface area (Å²) in [7, 11) is 0.